The third-order valence-corrected chi connectivity index (χ3v) is 7.76. The van der Waals surface area contributed by atoms with E-state index in [9.17, 15) is 4.79 Å². The van der Waals surface area contributed by atoms with Crippen LogP contribution >= 0.6 is 0 Å². The van der Waals surface area contributed by atoms with Crippen molar-refractivity contribution in [2.24, 2.45) is 10.8 Å². The molecule has 0 saturated heterocycles. The highest BCUT2D eigenvalue weighted by Gasteiger charge is 2.21. The number of nitrogens with two attached hydrogens (primary N) is 1. The van der Waals surface area contributed by atoms with E-state index in [0.29, 0.717) is 12.5 Å². The number of aliphatic imine (C=N–C) groups is 1. The van der Waals surface area contributed by atoms with E-state index in [2.05, 4.69) is 95.9 Å². The van der Waals surface area contributed by atoms with Crippen LogP contribution in [0.2, 0.25) is 0 Å². The Bertz CT molecular complexity index is 1220. The molecule has 1 aliphatic carbocycles. The van der Waals surface area contributed by atoms with Crippen LogP contribution in [0.3, 0.4) is 0 Å². The summed E-state index contributed by atoms with van der Waals surface area (Å²) in [6, 6.07) is 29.5. The number of rotatable bonds is 11. The number of likely N-dealkylation sites (N-methyl/N-ethyl adjacent to an activating group) is 1. The van der Waals surface area contributed by atoms with E-state index in [1.165, 1.54) is 29.8 Å². The lowest BCUT2D eigenvalue weighted by molar-refractivity contribution is -0.130. The van der Waals surface area contributed by atoms with Crippen LogP contribution in [0.4, 0.5) is 5.69 Å². The molecule has 1 saturated carbocycles. The smallest absolute Gasteiger partial charge is 0.237 e. The molecule has 218 valence electrons. The van der Waals surface area contributed by atoms with E-state index in [1.807, 2.05) is 18.2 Å². The first kappa shape index (κ1) is 30.3. The molecule has 0 radical (unpaired) electrons. The van der Waals surface area contributed by atoms with Crippen molar-refractivity contribution >= 4 is 17.6 Å². The minimum atomic E-state index is -0.0968. The Balaban J connectivity index is 1.61. The maximum atomic E-state index is 12.6. The van der Waals surface area contributed by atoms with Crippen LogP contribution in [-0.4, -0.2) is 66.9 Å². The highest BCUT2D eigenvalue weighted by Crippen LogP contribution is 2.30. The molecular weight excluding hydrogens is 508 g/mol. The summed E-state index contributed by atoms with van der Waals surface area (Å²) < 4.78 is 0. The van der Waals surface area contributed by atoms with Gasteiger partial charge in [-0.25, -0.2) is 10.8 Å². The van der Waals surface area contributed by atoms with Gasteiger partial charge >= 0.3 is 0 Å². The number of carbonyl (C=O) groups excluding carboxylic acids is 1. The number of amides is 1. The van der Waals surface area contributed by atoms with Crippen LogP contribution in [0.25, 0.3) is 0 Å². The number of nitrogens with one attached hydrogen (secondary N) is 1. The number of guanidine groups is 1. The Morgan fingerprint density at radius 2 is 1.46 bits per heavy atom. The molecular formula is C34H46N6O. The summed E-state index contributed by atoms with van der Waals surface area (Å²) in [5.41, 5.74) is 4.43. The molecule has 4 rings (SSSR count). The van der Waals surface area contributed by atoms with Crippen LogP contribution < -0.4 is 11.2 Å². The van der Waals surface area contributed by atoms with E-state index >= 15 is 0 Å². The zero-order valence-corrected chi connectivity index (χ0v) is 24.9. The molecule has 1 fully saturated rings. The first-order chi connectivity index (χ1) is 19.9. The molecule has 0 bridgehead atoms. The Morgan fingerprint density at radius 3 is 2.07 bits per heavy atom. The number of anilines is 1. The molecule has 0 aliphatic heterocycles. The van der Waals surface area contributed by atoms with E-state index in [0.717, 1.165) is 55.2 Å². The number of nitrogens with zero attached hydrogens (tertiary/aromatic N) is 4. The van der Waals surface area contributed by atoms with Gasteiger partial charge in [-0.05, 0) is 55.8 Å². The lowest BCUT2D eigenvalue weighted by atomic mass is 9.88. The summed E-state index contributed by atoms with van der Waals surface area (Å²) in [4.78, 5) is 22.5. The highest BCUT2D eigenvalue weighted by atomic mass is 16.2. The molecule has 3 aromatic rings. The van der Waals surface area contributed by atoms with Crippen molar-refractivity contribution in [1.82, 2.24) is 14.8 Å². The summed E-state index contributed by atoms with van der Waals surface area (Å²) in [5, 5.41) is 4.87. The van der Waals surface area contributed by atoms with Gasteiger partial charge in [0, 0.05) is 44.7 Å². The molecule has 7 heteroatoms. The third kappa shape index (κ3) is 9.44. The van der Waals surface area contributed by atoms with Crippen molar-refractivity contribution in [3.8, 4) is 0 Å². The summed E-state index contributed by atoms with van der Waals surface area (Å²) in [6.45, 7) is 2.58. The van der Waals surface area contributed by atoms with Gasteiger partial charge in [-0.2, -0.15) is 0 Å². The van der Waals surface area contributed by atoms with E-state index in [1.54, 1.807) is 7.05 Å². The second-order valence-corrected chi connectivity index (χ2v) is 11.4. The second-order valence-electron chi connectivity index (χ2n) is 11.4. The molecule has 0 spiro atoms. The van der Waals surface area contributed by atoms with E-state index in [4.69, 9.17) is 10.8 Å². The molecule has 7 nitrogen and oxygen atoms in total. The van der Waals surface area contributed by atoms with Gasteiger partial charge in [-0.3, -0.25) is 9.80 Å². The van der Waals surface area contributed by atoms with Crippen molar-refractivity contribution in [3.05, 3.63) is 102 Å². The zero-order valence-electron chi connectivity index (χ0n) is 24.9. The Labute approximate surface area is 246 Å². The van der Waals surface area contributed by atoms with Gasteiger partial charge in [0.2, 0.25) is 5.91 Å². The van der Waals surface area contributed by atoms with Crippen LogP contribution in [0.1, 0.15) is 61.1 Å². The summed E-state index contributed by atoms with van der Waals surface area (Å²) >= 11 is 0. The van der Waals surface area contributed by atoms with Crippen molar-refractivity contribution < 1.29 is 4.79 Å². The zero-order chi connectivity index (χ0) is 29.0. The molecule has 1 amide bonds. The van der Waals surface area contributed by atoms with Gasteiger partial charge < -0.3 is 15.1 Å². The first-order valence-corrected chi connectivity index (χ1v) is 14.8. The monoisotopic (exact) mass is 554 g/mol. The topological polar surface area (TPSA) is 77.2 Å². The third-order valence-electron chi connectivity index (χ3n) is 7.76. The summed E-state index contributed by atoms with van der Waals surface area (Å²) in [7, 11) is 5.82. The van der Waals surface area contributed by atoms with Gasteiger partial charge in [-0.15, -0.1) is 0 Å². The van der Waals surface area contributed by atoms with Gasteiger partial charge in [0.15, 0.2) is 5.96 Å². The fourth-order valence-corrected chi connectivity index (χ4v) is 5.32. The maximum Gasteiger partial charge on any atom is 0.237 e. The quantitative estimate of drug-likeness (QED) is 0.104. The van der Waals surface area contributed by atoms with Crippen molar-refractivity contribution in [2.45, 2.75) is 57.0 Å². The molecule has 3 aromatic carbocycles. The minimum Gasteiger partial charge on any atom is -0.337 e. The molecule has 0 aromatic heterocycles. The predicted molar refractivity (Wildman–Crippen MR) is 170 cm³/mol. The van der Waals surface area contributed by atoms with Gasteiger partial charge in [0.1, 0.15) is 0 Å². The molecule has 41 heavy (non-hydrogen) atoms. The maximum absolute atomic E-state index is 12.6. The van der Waals surface area contributed by atoms with Gasteiger partial charge in [0.25, 0.3) is 0 Å². The summed E-state index contributed by atoms with van der Waals surface area (Å²) in [6.07, 6.45) is 6.37. The number of hydrazine groups is 1. The van der Waals surface area contributed by atoms with E-state index in [-0.39, 0.29) is 11.8 Å². The number of carbonyl (C=O) groups is 1. The standard InChI is InChI=1S/C34H46N6O/c1-38(2)23-24-40(26-27-13-7-4-8-14-27)34(36-30-17-11-6-12-18-30)37-31-21-19-29(20-22-31)32(25-33(41)39(3)35)28-15-9-5-10-16-28/h4-5,7-10,13-16,19-22,30,32H,6,11-12,17-18,23-26,35H2,1-3H3,(H,36,37). The fraction of sp³-hybridized carbons (Fsp3) is 0.412. The molecule has 1 aliphatic rings. The van der Waals surface area contributed by atoms with Crippen molar-refractivity contribution in [1.29, 1.82) is 0 Å². The SMILES string of the molecule is CN(C)CCN(Cc1ccccc1)/C(=N\C1CCCCC1)Nc1ccc(C(CC(=O)N(C)N)c2ccccc2)cc1. The van der Waals surface area contributed by atoms with Crippen LogP contribution in [0.15, 0.2) is 89.9 Å². The van der Waals surface area contributed by atoms with E-state index < -0.39 is 0 Å². The Hall–Kier alpha value is -3.68. The first-order valence-electron chi connectivity index (χ1n) is 14.8. The molecule has 3 N–H and O–H groups in total. The minimum absolute atomic E-state index is 0.0752. The highest BCUT2D eigenvalue weighted by molar-refractivity contribution is 5.94. The Kier molecular flexibility index (Phi) is 11.3. The van der Waals surface area contributed by atoms with Crippen LogP contribution in [0, 0.1) is 0 Å². The number of benzene rings is 3. The van der Waals surface area contributed by atoms with Gasteiger partial charge in [0.05, 0.1) is 6.04 Å². The van der Waals surface area contributed by atoms with Crippen molar-refractivity contribution in [2.75, 3.05) is 39.5 Å². The van der Waals surface area contributed by atoms with Crippen molar-refractivity contribution in [3.63, 3.8) is 0 Å². The van der Waals surface area contributed by atoms with Crippen LogP contribution in [0.5, 0.6) is 0 Å². The molecule has 0 heterocycles. The average molecular weight is 555 g/mol. The predicted octanol–water partition coefficient (Wildman–Crippen LogP) is 5.71. The lowest BCUT2D eigenvalue weighted by Gasteiger charge is -2.30. The summed E-state index contributed by atoms with van der Waals surface area (Å²) in [5.74, 6) is 6.53. The van der Waals surface area contributed by atoms with Gasteiger partial charge in [-0.1, -0.05) is 92.1 Å². The Morgan fingerprint density at radius 1 is 0.854 bits per heavy atom. The molecule has 1 atom stereocenters. The average Bonchev–Trinajstić information content (AvgIpc) is 2.99. The fourth-order valence-electron chi connectivity index (χ4n) is 5.32. The second kappa shape index (κ2) is 15.4. The number of hydrogen-bond acceptors (Lipinski definition) is 4. The number of hydrogen-bond donors (Lipinski definition) is 2. The molecule has 1 unspecified atom stereocenters. The normalized spacial score (nSPS) is 15.0. The van der Waals surface area contributed by atoms with Crippen LogP contribution in [-0.2, 0) is 11.3 Å². The lowest BCUT2D eigenvalue weighted by Crippen LogP contribution is -2.41. The largest absolute Gasteiger partial charge is 0.337 e.